The molecule has 0 spiro atoms. The highest BCUT2D eigenvalue weighted by Gasteiger charge is 2.63. The lowest BCUT2D eigenvalue weighted by molar-refractivity contribution is -0.152. The number of rotatable bonds is 4. The number of methoxy groups -OCH3 is 1. The zero-order chi connectivity index (χ0) is 26.6. The molecular weight excluding hydrogens is 472 g/mol. The van der Waals surface area contributed by atoms with E-state index < -0.39 is 23.7 Å². The van der Waals surface area contributed by atoms with Crippen molar-refractivity contribution in [1.29, 1.82) is 0 Å². The van der Waals surface area contributed by atoms with Gasteiger partial charge in [-0.3, -0.25) is 4.79 Å². The Hall–Kier alpha value is -2.37. The fraction of sp³-hybridized carbons (Fsp3) is 0.759. The van der Waals surface area contributed by atoms with Gasteiger partial charge < -0.3 is 24.7 Å². The molecule has 0 radical (unpaired) electrons. The molecule has 1 amide bonds. The summed E-state index contributed by atoms with van der Waals surface area (Å²) in [4.78, 5) is 31.4. The van der Waals surface area contributed by atoms with Crippen molar-refractivity contribution in [3.63, 3.8) is 0 Å². The Kier molecular flexibility index (Phi) is 6.69. The highest BCUT2D eigenvalue weighted by atomic mass is 16.6. The van der Waals surface area contributed by atoms with Crippen LogP contribution in [0.4, 0.5) is 0 Å². The van der Waals surface area contributed by atoms with Crippen LogP contribution in [0.25, 0.3) is 0 Å². The van der Waals surface area contributed by atoms with Gasteiger partial charge in [0.15, 0.2) is 6.61 Å². The lowest BCUT2D eigenvalue weighted by atomic mass is 9.46. The van der Waals surface area contributed by atoms with E-state index in [0.29, 0.717) is 24.2 Å². The van der Waals surface area contributed by atoms with E-state index in [-0.39, 0.29) is 36.3 Å². The molecule has 202 valence electrons. The minimum Gasteiger partial charge on any atom is -0.467 e. The average Bonchev–Trinajstić information content (AvgIpc) is 3.41. The fourth-order valence-corrected chi connectivity index (χ4v) is 8.60. The summed E-state index contributed by atoms with van der Waals surface area (Å²) in [7, 11) is 1.27. The molecule has 5 aliphatic rings. The van der Waals surface area contributed by atoms with Crippen molar-refractivity contribution >= 4 is 17.6 Å². The van der Waals surface area contributed by atoms with Crippen LogP contribution in [0.3, 0.4) is 0 Å². The second kappa shape index (κ2) is 9.43. The van der Waals surface area contributed by atoms with Crippen molar-refractivity contribution in [1.82, 2.24) is 4.90 Å². The summed E-state index contributed by atoms with van der Waals surface area (Å²) in [5.74, 6) is 3.45. The van der Waals surface area contributed by atoms with Crippen LogP contribution >= 0.6 is 0 Å². The maximum atomic E-state index is 12.7. The molecule has 1 heterocycles. The van der Waals surface area contributed by atoms with Crippen LogP contribution in [0.1, 0.15) is 71.6 Å². The summed E-state index contributed by atoms with van der Waals surface area (Å²) in [5.41, 5.74) is 1.18. The zero-order valence-electron chi connectivity index (χ0n) is 22.2. The number of likely N-dealkylation sites (tertiary alicyclic amines) is 1. The quantitative estimate of drug-likeness (QED) is 0.341. The second-order valence-corrected chi connectivity index (χ2v) is 12.3. The normalized spacial score (nSPS) is 43.8. The Morgan fingerprint density at radius 2 is 1.95 bits per heavy atom. The number of aliphatic hydroxyl groups is 2. The topological polar surface area (TPSA) is 109 Å². The molecule has 8 nitrogen and oxygen atoms in total. The van der Waals surface area contributed by atoms with Crippen molar-refractivity contribution in [3.05, 3.63) is 11.6 Å². The monoisotopic (exact) mass is 512 g/mol. The van der Waals surface area contributed by atoms with E-state index in [1.807, 2.05) is 0 Å². The van der Waals surface area contributed by atoms with Gasteiger partial charge in [-0.15, -0.1) is 6.42 Å². The predicted molar refractivity (Wildman–Crippen MR) is 137 cm³/mol. The van der Waals surface area contributed by atoms with Gasteiger partial charge in [-0.05, 0) is 80.6 Å². The Labute approximate surface area is 219 Å². The number of esters is 1. The van der Waals surface area contributed by atoms with Crippen LogP contribution in [-0.4, -0.2) is 70.7 Å². The van der Waals surface area contributed by atoms with Crippen molar-refractivity contribution in [3.8, 4) is 12.3 Å². The Morgan fingerprint density at radius 1 is 1.19 bits per heavy atom. The SMILES string of the molecule is C#C[C@@]1(O)CC[C@@H]2[C@@H]3CCC4=C/C(=N/OCC(=O)N5C[C@H](O)C[C@H]5C(=O)OC)CC[C@]4(C)[C@H]3CC[C@@]21C. The molecule has 1 saturated heterocycles. The van der Waals surface area contributed by atoms with Crippen LogP contribution in [-0.2, 0) is 19.2 Å². The van der Waals surface area contributed by atoms with Crippen molar-refractivity contribution < 1.29 is 29.4 Å². The molecule has 37 heavy (non-hydrogen) atoms. The first-order valence-electron chi connectivity index (χ1n) is 13.7. The van der Waals surface area contributed by atoms with Gasteiger partial charge in [0.1, 0.15) is 11.6 Å². The number of fused-ring (bicyclic) bond motifs is 5. The van der Waals surface area contributed by atoms with Crippen LogP contribution < -0.4 is 0 Å². The summed E-state index contributed by atoms with van der Waals surface area (Å²) in [6.45, 7) is 4.41. The van der Waals surface area contributed by atoms with E-state index in [0.717, 1.165) is 50.7 Å². The van der Waals surface area contributed by atoms with Crippen molar-refractivity contribution in [2.24, 2.45) is 33.7 Å². The number of oxime groups is 1. The molecule has 5 rings (SSSR count). The third-order valence-corrected chi connectivity index (χ3v) is 10.8. The average molecular weight is 513 g/mol. The third-order valence-electron chi connectivity index (χ3n) is 10.8. The number of carbonyl (C=O) groups excluding carboxylic acids is 2. The number of carbonyl (C=O) groups is 2. The Balaban J connectivity index is 1.24. The first-order chi connectivity index (χ1) is 17.6. The van der Waals surface area contributed by atoms with Gasteiger partial charge in [0.05, 0.1) is 18.9 Å². The largest absolute Gasteiger partial charge is 0.467 e. The van der Waals surface area contributed by atoms with Crippen LogP contribution in [0.2, 0.25) is 0 Å². The summed E-state index contributed by atoms with van der Waals surface area (Å²) in [5, 5.41) is 25.4. The highest BCUT2D eigenvalue weighted by Crippen LogP contribution is 2.67. The van der Waals surface area contributed by atoms with Crippen LogP contribution in [0.15, 0.2) is 16.8 Å². The summed E-state index contributed by atoms with van der Waals surface area (Å²) >= 11 is 0. The van der Waals surface area contributed by atoms with Gasteiger partial charge in [-0.1, -0.05) is 30.5 Å². The molecule has 8 heteroatoms. The van der Waals surface area contributed by atoms with Crippen molar-refractivity contribution in [2.75, 3.05) is 20.3 Å². The molecule has 0 aromatic carbocycles. The van der Waals surface area contributed by atoms with E-state index >= 15 is 0 Å². The van der Waals surface area contributed by atoms with Crippen LogP contribution in [0.5, 0.6) is 0 Å². The van der Waals surface area contributed by atoms with E-state index in [9.17, 15) is 19.8 Å². The van der Waals surface area contributed by atoms with Gasteiger partial charge in [0, 0.05) is 18.4 Å². The minimum atomic E-state index is -0.981. The highest BCUT2D eigenvalue weighted by molar-refractivity contribution is 5.96. The standard InChI is InChI=1S/C29H40N2O6/c1-5-29(35)13-10-23-21-7-6-18-14-19(8-11-27(18,2)22(21)9-12-28(23,29)3)30-37-17-25(33)31-16-20(32)15-24(31)26(34)36-4/h1,14,20-24,32,35H,6-13,15-17H2,2-4H3/b30-19+/t20-,21-,22+,23-,24+,27+,28+,29-/m1/s1. The molecule has 1 aliphatic heterocycles. The Morgan fingerprint density at radius 3 is 2.68 bits per heavy atom. The first-order valence-corrected chi connectivity index (χ1v) is 13.7. The van der Waals surface area contributed by atoms with Crippen molar-refractivity contribution in [2.45, 2.75) is 89.4 Å². The van der Waals surface area contributed by atoms with E-state index in [1.165, 1.54) is 17.6 Å². The third kappa shape index (κ3) is 4.10. The molecular formula is C29H40N2O6. The zero-order valence-corrected chi connectivity index (χ0v) is 22.2. The number of amides is 1. The Bertz CT molecular complexity index is 1060. The van der Waals surface area contributed by atoms with Gasteiger partial charge >= 0.3 is 5.97 Å². The number of terminal acetylenes is 1. The van der Waals surface area contributed by atoms with E-state index in [4.69, 9.17) is 16.0 Å². The molecule has 0 bridgehead atoms. The van der Waals surface area contributed by atoms with E-state index in [2.05, 4.69) is 31.0 Å². The number of allylic oxidation sites excluding steroid dienone is 2. The number of hydrogen-bond acceptors (Lipinski definition) is 7. The molecule has 4 fully saturated rings. The first kappa shape index (κ1) is 26.2. The number of ether oxygens (including phenoxy) is 1. The smallest absolute Gasteiger partial charge is 0.328 e. The number of nitrogens with zero attached hydrogens (tertiary/aromatic N) is 2. The van der Waals surface area contributed by atoms with E-state index in [1.54, 1.807) is 0 Å². The maximum absolute atomic E-state index is 12.7. The van der Waals surface area contributed by atoms with Crippen LogP contribution in [0, 0.1) is 40.9 Å². The van der Waals surface area contributed by atoms with Gasteiger partial charge in [0.25, 0.3) is 5.91 Å². The summed E-state index contributed by atoms with van der Waals surface area (Å²) < 4.78 is 4.76. The molecule has 2 N–H and O–H groups in total. The lowest BCUT2D eigenvalue weighted by Gasteiger charge is -2.58. The van der Waals surface area contributed by atoms with Gasteiger partial charge in [-0.25, -0.2) is 4.79 Å². The minimum absolute atomic E-state index is 0.0856. The molecule has 4 aliphatic carbocycles. The van der Waals surface area contributed by atoms with Gasteiger partial charge in [-0.2, -0.15) is 0 Å². The second-order valence-electron chi connectivity index (χ2n) is 12.3. The summed E-state index contributed by atoms with van der Waals surface area (Å²) in [6, 6.07) is -0.787. The molecule has 0 aromatic rings. The molecule has 0 unspecified atom stereocenters. The lowest BCUT2D eigenvalue weighted by Crippen LogP contribution is -2.54. The molecule has 3 saturated carbocycles. The number of aliphatic hydroxyl groups excluding tert-OH is 1. The maximum Gasteiger partial charge on any atom is 0.328 e. The molecule has 8 atom stereocenters. The number of β-amino-alcohol motifs (C(OH)–C–C–N with tert-alkyl or cyclic N) is 1. The predicted octanol–water partition coefficient (Wildman–Crippen LogP) is 2.82. The molecule has 0 aromatic heterocycles. The summed E-state index contributed by atoms with van der Waals surface area (Å²) in [6.07, 6.45) is 15.0. The van der Waals surface area contributed by atoms with Gasteiger partial charge in [0.2, 0.25) is 0 Å². The number of hydrogen-bond donors (Lipinski definition) is 2. The fourth-order valence-electron chi connectivity index (χ4n) is 8.60.